The first-order valence-corrected chi connectivity index (χ1v) is 6.24. The van der Waals surface area contributed by atoms with Gasteiger partial charge in [-0.1, -0.05) is 12.1 Å². The quantitative estimate of drug-likeness (QED) is 0.632. The summed E-state index contributed by atoms with van der Waals surface area (Å²) in [6.07, 6.45) is 2.55. The second-order valence-corrected chi connectivity index (χ2v) is 4.80. The Morgan fingerprint density at radius 1 is 1.50 bits per heavy atom. The first kappa shape index (κ1) is 13.0. The van der Waals surface area contributed by atoms with Crippen LogP contribution in [0.2, 0.25) is 0 Å². The molecule has 0 radical (unpaired) electrons. The molecule has 0 saturated heterocycles. The summed E-state index contributed by atoms with van der Waals surface area (Å²) in [7, 11) is 0. The van der Waals surface area contributed by atoms with Crippen LogP contribution in [0.15, 0.2) is 18.2 Å². The van der Waals surface area contributed by atoms with Crippen molar-refractivity contribution >= 4 is 5.69 Å². The van der Waals surface area contributed by atoms with Gasteiger partial charge in [-0.25, -0.2) is 0 Å². The minimum absolute atomic E-state index is 0.115. The van der Waals surface area contributed by atoms with E-state index >= 15 is 0 Å². The van der Waals surface area contributed by atoms with Gasteiger partial charge in [-0.3, -0.25) is 10.1 Å². The number of nitrogens with one attached hydrogen (secondary N) is 1. The predicted octanol–water partition coefficient (Wildman–Crippen LogP) is 1.91. The molecule has 1 fully saturated rings. The normalized spacial score (nSPS) is 23.2. The standard InChI is InChI=1S/C13H18N2O3/c1-9-10(4-2-6-12(9)15(17)18)8-14-11-5-3-7-13(11)16/h2,4,6,11,13-14,16H,3,5,7-8H2,1H3/t11-,13-/m0/s1. The third-order valence-corrected chi connectivity index (χ3v) is 3.65. The lowest BCUT2D eigenvalue weighted by Gasteiger charge is -2.17. The third-order valence-electron chi connectivity index (χ3n) is 3.65. The van der Waals surface area contributed by atoms with Crippen molar-refractivity contribution in [1.29, 1.82) is 0 Å². The van der Waals surface area contributed by atoms with Crippen LogP contribution in [-0.4, -0.2) is 22.2 Å². The molecule has 2 rings (SSSR count). The molecule has 1 aromatic rings. The maximum absolute atomic E-state index is 10.8. The van der Waals surface area contributed by atoms with Gasteiger partial charge in [0.25, 0.3) is 5.69 Å². The lowest BCUT2D eigenvalue weighted by atomic mass is 10.1. The van der Waals surface area contributed by atoms with Crippen LogP contribution in [0, 0.1) is 17.0 Å². The van der Waals surface area contributed by atoms with Gasteiger partial charge in [-0.15, -0.1) is 0 Å². The van der Waals surface area contributed by atoms with E-state index in [0.717, 1.165) is 24.8 Å². The zero-order valence-corrected chi connectivity index (χ0v) is 10.4. The summed E-state index contributed by atoms with van der Waals surface area (Å²) in [6.45, 7) is 2.33. The molecule has 0 unspecified atom stereocenters. The summed E-state index contributed by atoms with van der Waals surface area (Å²) in [5, 5.41) is 23.8. The Morgan fingerprint density at radius 3 is 2.89 bits per heavy atom. The van der Waals surface area contributed by atoms with Crippen LogP contribution >= 0.6 is 0 Å². The van der Waals surface area contributed by atoms with E-state index in [0.29, 0.717) is 12.1 Å². The Labute approximate surface area is 106 Å². The Morgan fingerprint density at radius 2 is 2.28 bits per heavy atom. The van der Waals surface area contributed by atoms with Gasteiger partial charge in [0.2, 0.25) is 0 Å². The first-order valence-electron chi connectivity index (χ1n) is 6.24. The molecule has 0 heterocycles. The molecule has 18 heavy (non-hydrogen) atoms. The lowest BCUT2D eigenvalue weighted by Crippen LogP contribution is -2.35. The predicted molar refractivity (Wildman–Crippen MR) is 68.3 cm³/mol. The van der Waals surface area contributed by atoms with E-state index in [1.165, 1.54) is 6.07 Å². The maximum Gasteiger partial charge on any atom is 0.272 e. The molecule has 1 aliphatic carbocycles. The molecule has 0 spiro atoms. The van der Waals surface area contributed by atoms with Gasteiger partial charge in [-0.05, 0) is 31.7 Å². The second-order valence-electron chi connectivity index (χ2n) is 4.80. The zero-order chi connectivity index (χ0) is 13.1. The molecule has 98 valence electrons. The van der Waals surface area contributed by atoms with E-state index in [2.05, 4.69) is 5.32 Å². The Balaban J connectivity index is 2.05. The van der Waals surface area contributed by atoms with Gasteiger partial charge in [-0.2, -0.15) is 0 Å². The minimum Gasteiger partial charge on any atom is -0.392 e. The van der Waals surface area contributed by atoms with Gasteiger partial charge >= 0.3 is 0 Å². The molecule has 2 N–H and O–H groups in total. The fourth-order valence-electron chi connectivity index (χ4n) is 2.48. The second kappa shape index (κ2) is 5.46. The SMILES string of the molecule is Cc1c(CN[C@H]2CCC[C@@H]2O)cccc1[N+](=O)[O-]. The van der Waals surface area contributed by atoms with Gasteiger partial charge < -0.3 is 10.4 Å². The van der Waals surface area contributed by atoms with Crippen molar-refractivity contribution in [3.8, 4) is 0 Å². The van der Waals surface area contributed by atoms with Crippen molar-refractivity contribution in [2.24, 2.45) is 0 Å². The molecular formula is C13H18N2O3. The number of rotatable bonds is 4. The number of benzene rings is 1. The largest absolute Gasteiger partial charge is 0.392 e. The van der Waals surface area contributed by atoms with Gasteiger partial charge in [0.05, 0.1) is 11.0 Å². The Hall–Kier alpha value is -1.46. The molecular weight excluding hydrogens is 232 g/mol. The number of nitro benzene ring substituents is 1. The molecule has 0 aliphatic heterocycles. The molecule has 1 saturated carbocycles. The number of hydrogen-bond donors (Lipinski definition) is 2. The Bertz CT molecular complexity index is 448. The van der Waals surface area contributed by atoms with Crippen LogP contribution in [-0.2, 0) is 6.54 Å². The van der Waals surface area contributed by atoms with Crippen LogP contribution in [0.3, 0.4) is 0 Å². The molecule has 0 aromatic heterocycles. The molecule has 5 nitrogen and oxygen atoms in total. The average Bonchev–Trinajstić information content (AvgIpc) is 2.73. The number of aliphatic hydroxyl groups excluding tert-OH is 1. The maximum atomic E-state index is 10.8. The van der Waals surface area contributed by atoms with Crippen molar-refractivity contribution in [1.82, 2.24) is 5.32 Å². The molecule has 0 bridgehead atoms. The van der Waals surface area contributed by atoms with Crippen LogP contribution in [0.25, 0.3) is 0 Å². The molecule has 2 atom stereocenters. The fourth-order valence-corrected chi connectivity index (χ4v) is 2.48. The van der Waals surface area contributed by atoms with Crippen molar-refractivity contribution in [2.75, 3.05) is 0 Å². The summed E-state index contributed by atoms with van der Waals surface area (Å²) >= 11 is 0. The summed E-state index contributed by atoms with van der Waals surface area (Å²) < 4.78 is 0. The van der Waals surface area contributed by atoms with Gasteiger partial charge in [0.15, 0.2) is 0 Å². The third kappa shape index (κ3) is 2.68. The van der Waals surface area contributed by atoms with Crippen molar-refractivity contribution in [3.05, 3.63) is 39.4 Å². The van der Waals surface area contributed by atoms with E-state index < -0.39 is 0 Å². The molecule has 0 amide bonds. The smallest absolute Gasteiger partial charge is 0.272 e. The zero-order valence-electron chi connectivity index (χ0n) is 10.4. The van der Waals surface area contributed by atoms with Crippen molar-refractivity contribution in [2.45, 2.75) is 44.9 Å². The average molecular weight is 250 g/mol. The number of nitrogens with zero attached hydrogens (tertiary/aromatic N) is 1. The lowest BCUT2D eigenvalue weighted by molar-refractivity contribution is -0.385. The summed E-state index contributed by atoms with van der Waals surface area (Å²) in [4.78, 5) is 10.5. The van der Waals surface area contributed by atoms with Crippen LogP contribution in [0.1, 0.15) is 30.4 Å². The van der Waals surface area contributed by atoms with Crippen LogP contribution < -0.4 is 5.32 Å². The van der Waals surface area contributed by atoms with Crippen molar-refractivity contribution in [3.63, 3.8) is 0 Å². The van der Waals surface area contributed by atoms with E-state index in [-0.39, 0.29) is 22.8 Å². The van der Waals surface area contributed by atoms with E-state index in [1.54, 1.807) is 13.0 Å². The minimum atomic E-state index is -0.358. The number of hydrogen-bond acceptors (Lipinski definition) is 4. The van der Waals surface area contributed by atoms with Crippen molar-refractivity contribution < 1.29 is 10.0 Å². The fraction of sp³-hybridized carbons (Fsp3) is 0.538. The summed E-state index contributed by atoms with van der Waals surface area (Å²) in [6, 6.07) is 5.22. The van der Waals surface area contributed by atoms with Gasteiger partial charge in [0.1, 0.15) is 0 Å². The highest BCUT2D eigenvalue weighted by Crippen LogP contribution is 2.23. The van der Waals surface area contributed by atoms with E-state index in [4.69, 9.17) is 0 Å². The number of aliphatic hydroxyl groups is 1. The molecule has 1 aromatic carbocycles. The van der Waals surface area contributed by atoms with Gasteiger partial charge in [0, 0.05) is 24.2 Å². The highest BCUT2D eigenvalue weighted by molar-refractivity contribution is 5.44. The highest BCUT2D eigenvalue weighted by atomic mass is 16.6. The van der Waals surface area contributed by atoms with Crippen LogP contribution in [0.5, 0.6) is 0 Å². The Kier molecular flexibility index (Phi) is 3.93. The van der Waals surface area contributed by atoms with E-state index in [1.807, 2.05) is 6.07 Å². The summed E-state index contributed by atoms with van der Waals surface area (Å²) in [5.41, 5.74) is 1.77. The number of nitro groups is 1. The van der Waals surface area contributed by atoms with E-state index in [9.17, 15) is 15.2 Å². The first-order chi connectivity index (χ1) is 8.59. The highest BCUT2D eigenvalue weighted by Gasteiger charge is 2.24. The monoisotopic (exact) mass is 250 g/mol. The topological polar surface area (TPSA) is 75.4 Å². The molecule has 5 heteroatoms. The van der Waals surface area contributed by atoms with Crippen LogP contribution in [0.4, 0.5) is 5.69 Å². The molecule has 1 aliphatic rings. The summed E-state index contributed by atoms with van der Waals surface area (Å²) in [5.74, 6) is 0.